The number of aliphatic carboxylic acids is 1. The Morgan fingerprint density at radius 1 is 1.31 bits per heavy atom. The molecule has 1 N–H and O–H groups in total. The maximum atomic E-state index is 9.87. The molecular formula is C10H20O3. The molecule has 1 fully saturated rings. The van der Waals surface area contributed by atoms with Gasteiger partial charge in [-0.1, -0.05) is 19.8 Å². The Balaban J connectivity index is 0.000000243. The average molecular weight is 188 g/mol. The second-order valence-electron chi connectivity index (χ2n) is 3.17. The molecule has 1 saturated heterocycles. The molecule has 0 saturated carbocycles. The molecular weight excluding hydrogens is 168 g/mol. The summed E-state index contributed by atoms with van der Waals surface area (Å²) in [6.07, 6.45) is 5.83. The first kappa shape index (κ1) is 12.4. The fraction of sp³-hybridized carbons (Fsp3) is 0.900. The molecule has 1 heterocycles. The van der Waals surface area contributed by atoms with E-state index in [1.54, 1.807) is 0 Å². The second-order valence-corrected chi connectivity index (χ2v) is 3.17. The number of carboxylic acids is 1. The van der Waals surface area contributed by atoms with Crippen LogP contribution in [0.1, 0.15) is 45.4 Å². The van der Waals surface area contributed by atoms with E-state index in [9.17, 15) is 4.79 Å². The van der Waals surface area contributed by atoms with Gasteiger partial charge in [-0.15, -0.1) is 0 Å². The molecule has 0 amide bonds. The highest BCUT2D eigenvalue weighted by atomic mass is 16.5. The Kier molecular flexibility index (Phi) is 9.10. The third kappa shape index (κ3) is 11.4. The van der Waals surface area contributed by atoms with E-state index < -0.39 is 5.97 Å². The Hall–Kier alpha value is -0.570. The summed E-state index contributed by atoms with van der Waals surface area (Å²) in [6, 6.07) is 0. The van der Waals surface area contributed by atoms with E-state index >= 15 is 0 Å². The van der Waals surface area contributed by atoms with Gasteiger partial charge in [0.15, 0.2) is 0 Å². The molecule has 0 atom stereocenters. The fourth-order valence-electron chi connectivity index (χ4n) is 1.04. The van der Waals surface area contributed by atoms with E-state index in [0.717, 1.165) is 32.5 Å². The molecule has 0 spiro atoms. The maximum Gasteiger partial charge on any atom is 0.303 e. The highest BCUT2D eigenvalue weighted by molar-refractivity contribution is 5.66. The van der Waals surface area contributed by atoms with Gasteiger partial charge >= 0.3 is 5.97 Å². The number of unbranched alkanes of at least 4 members (excludes halogenated alkanes) is 2. The number of ether oxygens (including phenoxy) is 1. The van der Waals surface area contributed by atoms with Crippen molar-refractivity contribution in [1.29, 1.82) is 0 Å². The van der Waals surface area contributed by atoms with Gasteiger partial charge in [0.2, 0.25) is 0 Å². The molecule has 1 rings (SSSR count). The van der Waals surface area contributed by atoms with Gasteiger partial charge in [0.1, 0.15) is 0 Å². The number of hydrogen-bond donors (Lipinski definition) is 1. The Labute approximate surface area is 80.1 Å². The van der Waals surface area contributed by atoms with Crippen molar-refractivity contribution in [3.63, 3.8) is 0 Å². The second kappa shape index (κ2) is 9.52. The van der Waals surface area contributed by atoms with E-state index in [1.807, 2.05) is 0 Å². The normalized spacial score (nSPS) is 14.8. The first-order chi connectivity index (χ1) is 6.27. The first-order valence-corrected chi connectivity index (χ1v) is 5.07. The molecule has 0 aromatic rings. The molecule has 1 aliphatic rings. The lowest BCUT2D eigenvalue weighted by molar-refractivity contribution is -0.137. The van der Waals surface area contributed by atoms with Gasteiger partial charge in [-0.25, -0.2) is 0 Å². The number of hydrogen-bond acceptors (Lipinski definition) is 2. The predicted octanol–water partition coefficient (Wildman–Crippen LogP) is 2.45. The molecule has 3 nitrogen and oxygen atoms in total. The minimum atomic E-state index is -0.682. The molecule has 0 radical (unpaired) electrons. The monoisotopic (exact) mass is 188 g/mol. The summed E-state index contributed by atoms with van der Waals surface area (Å²) in [5.74, 6) is -0.682. The van der Waals surface area contributed by atoms with Crippen molar-refractivity contribution in [2.24, 2.45) is 0 Å². The van der Waals surface area contributed by atoms with Gasteiger partial charge in [-0.05, 0) is 19.3 Å². The Morgan fingerprint density at radius 2 is 1.92 bits per heavy atom. The molecule has 0 aromatic carbocycles. The number of carboxylic acid groups (broad SMARTS) is 1. The van der Waals surface area contributed by atoms with Gasteiger partial charge in [0.25, 0.3) is 0 Å². The molecule has 0 unspecified atom stereocenters. The molecule has 0 aromatic heterocycles. The minimum Gasteiger partial charge on any atom is -0.481 e. The lowest BCUT2D eigenvalue weighted by Gasteiger charge is -1.89. The van der Waals surface area contributed by atoms with Gasteiger partial charge in [0, 0.05) is 19.6 Å². The van der Waals surface area contributed by atoms with Crippen molar-refractivity contribution in [3.05, 3.63) is 0 Å². The smallest absolute Gasteiger partial charge is 0.303 e. The zero-order valence-corrected chi connectivity index (χ0v) is 8.42. The van der Waals surface area contributed by atoms with Crippen LogP contribution in [0.3, 0.4) is 0 Å². The van der Waals surface area contributed by atoms with Crippen molar-refractivity contribution in [2.45, 2.75) is 45.4 Å². The van der Waals surface area contributed by atoms with Crippen molar-refractivity contribution in [1.82, 2.24) is 0 Å². The summed E-state index contributed by atoms with van der Waals surface area (Å²) in [6.45, 7) is 4.06. The summed E-state index contributed by atoms with van der Waals surface area (Å²) in [5.41, 5.74) is 0. The Bertz CT molecular complexity index is 112. The highest BCUT2D eigenvalue weighted by Crippen LogP contribution is 1.98. The molecule has 3 heteroatoms. The quantitative estimate of drug-likeness (QED) is 0.689. The van der Waals surface area contributed by atoms with Gasteiger partial charge in [-0.3, -0.25) is 4.79 Å². The maximum absolute atomic E-state index is 9.87. The van der Waals surface area contributed by atoms with Crippen molar-refractivity contribution in [2.75, 3.05) is 13.2 Å². The van der Waals surface area contributed by atoms with Gasteiger partial charge in [0.05, 0.1) is 0 Å². The largest absolute Gasteiger partial charge is 0.481 e. The van der Waals surface area contributed by atoms with E-state index in [0.29, 0.717) is 6.42 Å². The molecule has 0 bridgehead atoms. The standard InChI is InChI=1S/C6H12O2.C4H8O/c1-2-3-4-5-6(7)8;1-2-4-5-3-1/h2-5H2,1H3,(H,7,8);1-4H2. The molecule has 0 aliphatic carbocycles. The minimum absolute atomic E-state index is 0.327. The van der Waals surface area contributed by atoms with Crippen LogP contribution >= 0.6 is 0 Å². The van der Waals surface area contributed by atoms with Crippen LogP contribution in [-0.4, -0.2) is 24.3 Å². The third-order valence-corrected chi connectivity index (χ3v) is 1.82. The summed E-state index contributed by atoms with van der Waals surface area (Å²) >= 11 is 0. The van der Waals surface area contributed by atoms with Gasteiger partial charge in [-0.2, -0.15) is 0 Å². The van der Waals surface area contributed by atoms with Crippen LogP contribution in [0, 0.1) is 0 Å². The van der Waals surface area contributed by atoms with E-state index in [2.05, 4.69) is 6.92 Å². The Morgan fingerprint density at radius 3 is 2.23 bits per heavy atom. The lowest BCUT2D eigenvalue weighted by Crippen LogP contribution is -1.92. The van der Waals surface area contributed by atoms with Crippen LogP contribution in [0.15, 0.2) is 0 Å². The van der Waals surface area contributed by atoms with E-state index in [4.69, 9.17) is 9.84 Å². The fourth-order valence-corrected chi connectivity index (χ4v) is 1.04. The lowest BCUT2D eigenvalue weighted by atomic mass is 10.2. The van der Waals surface area contributed by atoms with E-state index in [1.165, 1.54) is 12.8 Å². The summed E-state index contributed by atoms with van der Waals surface area (Å²) < 4.78 is 4.94. The predicted molar refractivity (Wildman–Crippen MR) is 51.8 cm³/mol. The summed E-state index contributed by atoms with van der Waals surface area (Å²) in [7, 11) is 0. The molecule has 78 valence electrons. The molecule has 1 aliphatic heterocycles. The van der Waals surface area contributed by atoms with Crippen LogP contribution in [-0.2, 0) is 9.53 Å². The van der Waals surface area contributed by atoms with E-state index in [-0.39, 0.29) is 0 Å². The summed E-state index contributed by atoms with van der Waals surface area (Å²) in [5, 5.41) is 8.14. The number of carbonyl (C=O) groups is 1. The van der Waals surface area contributed by atoms with Crippen LogP contribution < -0.4 is 0 Å². The third-order valence-electron chi connectivity index (χ3n) is 1.82. The van der Waals surface area contributed by atoms with Crippen LogP contribution in [0.5, 0.6) is 0 Å². The van der Waals surface area contributed by atoms with Crippen molar-refractivity contribution in [3.8, 4) is 0 Å². The summed E-state index contributed by atoms with van der Waals surface area (Å²) in [4.78, 5) is 9.87. The van der Waals surface area contributed by atoms with Crippen molar-refractivity contribution < 1.29 is 14.6 Å². The van der Waals surface area contributed by atoms with Crippen LogP contribution in [0.2, 0.25) is 0 Å². The molecule has 13 heavy (non-hydrogen) atoms. The van der Waals surface area contributed by atoms with Crippen molar-refractivity contribution >= 4 is 5.97 Å². The highest BCUT2D eigenvalue weighted by Gasteiger charge is 1.94. The first-order valence-electron chi connectivity index (χ1n) is 5.07. The number of rotatable bonds is 4. The SMILES string of the molecule is C1CCOC1.CCCCCC(=O)O. The van der Waals surface area contributed by atoms with Crippen LogP contribution in [0.25, 0.3) is 0 Å². The van der Waals surface area contributed by atoms with Gasteiger partial charge < -0.3 is 9.84 Å². The topological polar surface area (TPSA) is 46.5 Å². The average Bonchev–Trinajstić information content (AvgIpc) is 2.61. The zero-order chi connectivity index (χ0) is 9.94. The zero-order valence-electron chi connectivity index (χ0n) is 8.42. The van der Waals surface area contributed by atoms with Crippen LogP contribution in [0.4, 0.5) is 0 Å².